The van der Waals surface area contributed by atoms with Crippen molar-refractivity contribution in [2.45, 2.75) is 25.5 Å². The van der Waals surface area contributed by atoms with Gasteiger partial charge in [-0.05, 0) is 43.2 Å². The number of benzene rings is 1. The SMILES string of the molecule is CN(C)C(=O)/C=C/CC[C@H](OC(=O)N(C)C)C(=O)Nc1cccn(Cc2nc3cc(F)ccc3[nH]2)c1=O. The third-order valence-corrected chi connectivity index (χ3v) is 5.29. The standard InChI is InChI=1S/C25H29FN6O5/c1-30(2)22(33)10-6-5-9-20(37-25(36)31(3)4)23(34)29-18-8-7-13-32(24(18)35)15-21-27-17-12-11-16(26)14-19(17)28-21/h6-8,10-14,20H,5,9,15H2,1-4H3,(H,27,28)(H,29,34)/b10-6+/t20-/m0/s1. The molecule has 0 saturated carbocycles. The minimum Gasteiger partial charge on any atom is -0.436 e. The van der Waals surface area contributed by atoms with Gasteiger partial charge in [-0.25, -0.2) is 14.2 Å². The van der Waals surface area contributed by atoms with Gasteiger partial charge in [0.2, 0.25) is 5.91 Å². The second-order valence-electron chi connectivity index (χ2n) is 8.67. The molecule has 0 saturated heterocycles. The number of nitrogens with zero attached hydrogens (tertiary/aromatic N) is 4. The van der Waals surface area contributed by atoms with Gasteiger partial charge in [0, 0.05) is 40.5 Å². The van der Waals surface area contributed by atoms with Gasteiger partial charge < -0.3 is 29.4 Å². The first kappa shape index (κ1) is 27.1. The number of amides is 3. The number of likely N-dealkylation sites (N-methyl/N-ethyl adjacent to an activating group) is 1. The number of hydrogen-bond donors (Lipinski definition) is 2. The van der Waals surface area contributed by atoms with Crippen LogP contribution in [0.1, 0.15) is 18.7 Å². The van der Waals surface area contributed by atoms with Crippen LogP contribution in [0.25, 0.3) is 11.0 Å². The zero-order chi connectivity index (χ0) is 27.1. The van der Waals surface area contributed by atoms with Crippen molar-refractivity contribution in [2.75, 3.05) is 33.5 Å². The largest absolute Gasteiger partial charge is 0.436 e. The molecule has 2 heterocycles. The van der Waals surface area contributed by atoms with Crippen LogP contribution in [0.15, 0.2) is 53.5 Å². The van der Waals surface area contributed by atoms with Crippen molar-refractivity contribution in [2.24, 2.45) is 0 Å². The van der Waals surface area contributed by atoms with Crippen LogP contribution in [0.2, 0.25) is 0 Å². The van der Waals surface area contributed by atoms with E-state index in [1.165, 1.54) is 58.9 Å². The highest BCUT2D eigenvalue weighted by Gasteiger charge is 2.24. The molecule has 11 nitrogen and oxygen atoms in total. The van der Waals surface area contributed by atoms with Gasteiger partial charge in [0.05, 0.1) is 17.6 Å². The number of rotatable bonds is 9. The van der Waals surface area contributed by atoms with Crippen molar-refractivity contribution in [3.8, 4) is 0 Å². The van der Waals surface area contributed by atoms with E-state index in [0.29, 0.717) is 16.9 Å². The highest BCUT2D eigenvalue weighted by atomic mass is 19.1. The Balaban J connectivity index is 1.74. The Morgan fingerprint density at radius 1 is 1.19 bits per heavy atom. The van der Waals surface area contributed by atoms with Crippen LogP contribution in [0.3, 0.4) is 0 Å². The lowest BCUT2D eigenvalue weighted by Crippen LogP contribution is -2.37. The summed E-state index contributed by atoms with van der Waals surface area (Å²) in [5, 5.41) is 2.54. The van der Waals surface area contributed by atoms with Crippen molar-refractivity contribution in [3.63, 3.8) is 0 Å². The number of pyridine rings is 1. The molecule has 1 atom stereocenters. The normalized spacial score (nSPS) is 11.9. The molecule has 0 aliphatic heterocycles. The molecule has 2 N–H and O–H groups in total. The predicted molar refractivity (Wildman–Crippen MR) is 136 cm³/mol. The van der Waals surface area contributed by atoms with Crippen molar-refractivity contribution >= 4 is 34.6 Å². The fraction of sp³-hybridized carbons (Fsp3) is 0.320. The zero-order valence-corrected chi connectivity index (χ0v) is 21.0. The summed E-state index contributed by atoms with van der Waals surface area (Å²) in [5.41, 5.74) is 0.538. The number of aromatic amines is 1. The molecule has 196 valence electrons. The van der Waals surface area contributed by atoms with Gasteiger partial charge in [-0.2, -0.15) is 0 Å². The van der Waals surface area contributed by atoms with Crippen molar-refractivity contribution in [1.82, 2.24) is 24.3 Å². The highest BCUT2D eigenvalue weighted by Crippen LogP contribution is 2.14. The van der Waals surface area contributed by atoms with Gasteiger partial charge in [-0.1, -0.05) is 6.08 Å². The average molecular weight is 513 g/mol. The van der Waals surface area contributed by atoms with E-state index in [2.05, 4.69) is 15.3 Å². The predicted octanol–water partition coefficient (Wildman–Crippen LogP) is 2.34. The minimum absolute atomic E-state index is 0.0149. The summed E-state index contributed by atoms with van der Waals surface area (Å²) in [4.78, 5) is 59.7. The number of hydrogen-bond acceptors (Lipinski definition) is 6. The maximum absolute atomic E-state index is 13.5. The van der Waals surface area contributed by atoms with Crippen LogP contribution in [0.5, 0.6) is 0 Å². The van der Waals surface area contributed by atoms with Crippen LogP contribution in [-0.4, -0.2) is 76.5 Å². The third-order valence-electron chi connectivity index (χ3n) is 5.29. The van der Waals surface area contributed by atoms with Gasteiger partial charge in [0.15, 0.2) is 6.10 Å². The molecule has 0 spiro atoms. The molecule has 0 aliphatic rings. The lowest BCUT2D eigenvalue weighted by atomic mass is 10.1. The van der Waals surface area contributed by atoms with Crippen molar-refractivity contribution < 1.29 is 23.5 Å². The topological polar surface area (TPSA) is 130 Å². The summed E-state index contributed by atoms with van der Waals surface area (Å²) in [7, 11) is 6.19. The van der Waals surface area contributed by atoms with E-state index in [1.54, 1.807) is 32.3 Å². The van der Waals surface area contributed by atoms with Crippen molar-refractivity contribution in [3.05, 3.63) is 70.7 Å². The summed E-state index contributed by atoms with van der Waals surface area (Å²) < 4.78 is 20.1. The first-order valence-corrected chi connectivity index (χ1v) is 11.5. The fourth-order valence-electron chi connectivity index (χ4n) is 3.29. The first-order chi connectivity index (χ1) is 17.5. The van der Waals surface area contributed by atoms with E-state index in [-0.39, 0.29) is 31.0 Å². The molecule has 3 amide bonds. The Hall–Kier alpha value is -4.48. The third kappa shape index (κ3) is 7.26. The molecular weight excluding hydrogens is 483 g/mol. The molecule has 0 bridgehead atoms. The molecule has 0 radical (unpaired) electrons. The molecule has 1 aromatic carbocycles. The lowest BCUT2D eigenvalue weighted by Gasteiger charge is -2.19. The van der Waals surface area contributed by atoms with Crippen molar-refractivity contribution in [1.29, 1.82) is 0 Å². The quantitative estimate of drug-likeness (QED) is 0.424. The second-order valence-corrected chi connectivity index (χ2v) is 8.67. The van der Waals surface area contributed by atoms with E-state index < -0.39 is 29.5 Å². The molecule has 0 aliphatic carbocycles. The van der Waals surface area contributed by atoms with E-state index in [0.717, 1.165) is 0 Å². The summed E-state index contributed by atoms with van der Waals surface area (Å²) in [6.07, 6.45) is 2.93. The second kappa shape index (κ2) is 12.0. The lowest BCUT2D eigenvalue weighted by molar-refractivity contribution is -0.125. The molecule has 0 fully saturated rings. The maximum Gasteiger partial charge on any atom is 0.410 e. The first-order valence-electron chi connectivity index (χ1n) is 11.5. The summed E-state index contributed by atoms with van der Waals surface area (Å²) in [6.45, 7) is 0.0581. The number of ether oxygens (including phenoxy) is 1. The number of carbonyl (C=O) groups excluding carboxylic acids is 3. The number of allylic oxidation sites excluding steroid dienone is 1. The number of carbonyl (C=O) groups is 3. The Labute approximate surface area is 212 Å². The smallest absolute Gasteiger partial charge is 0.410 e. The van der Waals surface area contributed by atoms with Crippen LogP contribution in [0, 0.1) is 5.82 Å². The Morgan fingerprint density at radius 3 is 2.65 bits per heavy atom. The molecule has 3 rings (SSSR count). The van der Waals surface area contributed by atoms with Gasteiger partial charge in [0.25, 0.3) is 11.5 Å². The number of anilines is 1. The molecule has 3 aromatic rings. The monoisotopic (exact) mass is 512 g/mol. The number of aromatic nitrogens is 3. The highest BCUT2D eigenvalue weighted by molar-refractivity contribution is 5.95. The van der Waals surface area contributed by atoms with Crippen LogP contribution < -0.4 is 10.9 Å². The van der Waals surface area contributed by atoms with Gasteiger partial charge in [-0.3, -0.25) is 14.4 Å². The van der Waals surface area contributed by atoms with Crippen LogP contribution in [-0.2, 0) is 20.9 Å². The Morgan fingerprint density at radius 2 is 1.95 bits per heavy atom. The Kier molecular flexibility index (Phi) is 8.77. The molecule has 0 unspecified atom stereocenters. The molecule has 12 heteroatoms. The minimum atomic E-state index is -1.20. The van der Waals surface area contributed by atoms with Gasteiger partial charge in [-0.15, -0.1) is 0 Å². The fourth-order valence-corrected chi connectivity index (χ4v) is 3.29. The molecule has 37 heavy (non-hydrogen) atoms. The molecule has 2 aromatic heterocycles. The van der Waals surface area contributed by atoms with Crippen LogP contribution >= 0.6 is 0 Å². The maximum atomic E-state index is 13.5. The average Bonchev–Trinajstić information content (AvgIpc) is 3.24. The van der Waals surface area contributed by atoms with E-state index in [1.807, 2.05) is 0 Å². The number of nitrogens with one attached hydrogen (secondary N) is 2. The summed E-state index contributed by atoms with van der Waals surface area (Å²) in [5.74, 6) is -0.887. The summed E-state index contributed by atoms with van der Waals surface area (Å²) in [6, 6.07) is 7.17. The Bertz CT molecular complexity index is 1380. The van der Waals surface area contributed by atoms with Gasteiger partial charge >= 0.3 is 6.09 Å². The van der Waals surface area contributed by atoms with Gasteiger partial charge in [0.1, 0.15) is 17.3 Å². The van der Waals surface area contributed by atoms with Crippen LogP contribution in [0.4, 0.5) is 14.9 Å². The van der Waals surface area contributed by atoms with E-state index >= 15 is 0 Å². The summed E-state index contributed by atoms with van der Waals surface area (Å²) >= 11 is 0. The number of halogens is 1. The van der Waals surface area contributed by atoms with E-state index in [9.17, 15) is 23.6 Å². The number of H-pyrrole nitrogens is 1. The molecular formula is C25H29FN6O5. The number of fused-ring (bicyclic) bond motifs is 1. The zero-order valence-electron chi connectivity index (χ0n) is 21.0. The van der Waals surface area contributed by atoms with E-state index in [4.69, 9.17) is 4.74 Å². The number of imidazole rings is 1.